The van der Waals surface area contributed by atoms with Gasteiger partial charge in [-0.15, -0.1) is 5.10 Å². The SMILES string of the molecule is Cc1cc(NCC2(O)CCCC2)n2nc(C(F)(F)F)nc2n1. The fourth-order valence-electron chi connectivity index (χ4n) is 2.70. The highest BCUT2D eigenvalue weighted by Gasteiger charge is 2.37. The molecule has 0 amide bonds. The van der Waals surface area contributed by atoms with E-state index in [1.807, 2.05) is 0 Å². The van der Waals surface area contributed by atoms with Crippen molar-refractivity contribution < 1.29 is 18.3 Å². The minimum Gasteiger partial charge on any atom is -0.388 e. The van der Waals surface area contributed by atoms with E-state index in [0.717, 1.165) is 17.4 Å². The standard InChI is InChI=1S/C13H16F3N5O/c1-8-6-9(17-7-12(22)4-2-3-5-12)21-11(18-8)19-10(20-21)13(14,15)16/h6,17,22H,2-5,7H2,1H3. The average Bonchev–Trinajstić information content (AvgIpc) is 3.02. The van der Waals surface area contributed by atoms with Crippen molar-refractivity contribution in [1.29, 1.82) is 0 Å². The van der Waals surface area contributed by atoms with Crippen LogP contribution in [-0.2, 0) is 6.18 Å². The van der Waals surface area contributed by atoms with Gasteiger partial charge in [0.2, 0.25) is 0 Å². The number of rotatable bonds is 3. The second-order valence-corrected chi connectivity index (χ2v) is 5.71. The third-order valence-electron chi connectivity index (χ3n) is 3.83. The first kappa shape index (κ1) is 15.0. The predicted molar refractivity (Wildman–Crippen MR) is 72.4 cm³/mol. The smallest absolute Gasteiger partial charge is 0.388 e. The van der Waals surface area contributed by atoms with Crippen LogP contribution in [0.4, 0.5) is 19.0 Å². The largest absolute Gasteiger partial charge is 0.453 e. The lowest BCUT2D eigenvalue weighted by molar-refractivity contribution is -0.144. The molecular weight excluding hydrogens is 299 g/mol. The van der Waals surface area contributed by atoms with E-state index in [1.54, 1.807) is 13.0 Å². The Labute approximate surface area is 124 Å². The zero-order valence-corrected chi connectivity index (χ0v) is 12.0. The highest BCUT2D eigenvalue weighted by molar-refractivity contribution is 5.45. The number of halogens is 3. The molecule has 0 saturated heterocycles. The van der Waals surface area contributed by atoms with Gasteiger partial charge in [-0.2, -0.15) is 22.7 Å². The summed E-state index contributed by atoms with van der Waals surface area (Å²) >= 11 is 0. The van der Waals surface area contributed by atoms with Crippen molar-refractivity contribution in [2.24, 2.45) is 0 Å². The van der Waals surface area contributed by atoms with E-state index in [2.05, 4.69) is 20.4 Å². The van der Waals surface area contributed by atoms with E-state index in [4.69, 9.17) is 0 Å². The summed E-state index contributed by atoms with van der Waals surface area (Å²) in [5.41, 5.74) is -0.300. The highest BCUT2D eigenvalue weighted by Crippen LogP contribution is 2.30. The molecule has 6 nitrogen and oxygen atoms in total. The number of alkyl halides is 3. The van der Waals surface area contributed by atoms with Crippen molar-refractivity contribution in [2.45, 2.75) is 44.4 Å². The summed E-state index contributed by atoms with van der Waals surface area (Å²) in [7, 11) is 0. The Morgan fingerprint density at radius 2 is 2.00 bits per heavy atom. The molecule has 1 saturated carbocycles. The Kier molecular flexibility index (Phi) is 3.47. The van der Waals surface area contributed by atoms with Gasteiger partial charge >= 0.3 is 6.18 Å². The number of nitrogens with one attached hydrogen (secondary N) is 1. The molecule has 0 aromatic carbocycles. The minimum absolute atomic E-state index is 0.117. The fourth-order valence-corrected chi connectivity index (χ4v) is 2.70. The van der Waals surface area contributed by atoms with Crippen LogP contribution in [0.15, 0.2) is 6.07 Å². The Balaban J connectivity index is 1.92. The lowest BCUT2D eigenvalue weighted by Crippen LogP contribution is -2.34. The van der Waals surface area contributed by atoms with Crippen LogP contribution in [0, 0.1) is 6.92 Å². The molecular formula is C13H16F3N5O. The topological polar surface area (TPSA) is 75.3 Å². The third kappa shape index (κ3) is 2.85. The number of anilines is 1. The van der Waals surface area contributed by atoms with Crippen LogP contribution in [0.25, 0.3) is 5.78 Å². The molecule has 0 aliphatic heterocycles. The van der Waals surface area contributed by atoms with Gasteiger partial charge in [-0.1, -0.05) is 12.8 Å². The zero-order valence-electron chi connectivity index (χ0n) is 12.0. The Hall–Kier alpha value is -1.90. The first-order valence-electron chi connectivity index (χ1n) is 7.05. The number of hydrogen-bond donors (Lipinski definition) is 2. The molecule has 0 radical (unpaired) electrons. The molecule has 1 fully saturated rings. The fraction of sp³-hybridized carbons (Fsp3) is 0.615. The van der Waals surface area contributed by atoms with E-state index in [-0.39, 0.29) is 12.3 Å². The van der Waals surface area contributed by atoms with E-state index < -0.39 is 17.6 Å². The van der Waals surface area contributed by atoms with Crippen LogP contribution in [-0.4, -0.2) is 36.8 Å². The van der Waals surface area contributed by atoms with Gasteiger partial charge in [0.15, 0.2) is 0 Å². The summed E-state index contributed by atoms with van der Waals surface area (Å²) < 4.78 is 39.2. The third-order valence-corrected chi connectivity index (χ3v) is 3.83. The maximum atomic E-state index is 12.7. The molecule has 1 aliphatic carbocycles. The molecule has 0 bridgehead atoms. The van der Waals surface area contributed by atoms with Crippen LogP contribution < -0.4 is 5.32 Å². The Bertz CT molecular complexity index is 691. The molecule has 3 rings (SSSR count). The average molecular weight is 315 g/mol. The van der Waals surface area contributed by atoms with Crippen molar-refractivity contribution >= 4 is 11.6 Å². The molecule has 2 N–H and O–H groups in total. The molecule has 22 heavy (non-hydrogen) atoms. The van der Waals surface area contributed by atoms with Crippen molar-refractivity contribution in [3.05, 3.63) is 17.6 Å². The summed E-state index contributed by atoms with van der Waals surface area (Å²) in [5, 5.41) is 16.8. The minimum atomic E-state index is -4.62. The van der Waals surface area contributed by atoms with Gasteiger partial charge in [-0.25, -0.2) is 4.98 Å². The van der Waals surface area contributed by atoms with Gasteiger partial charge in [0.05, 0.1) is 5.60 Å². The molecule has 0 unspecified atom stereocenters. The molecule has 1 aliphatic rings. The van der Waals surface area contributed by atoms with E-state index >= 15 is 0 Å². The van der Waals surface area contributed by atoms with Gasteiger partial charge in [-0.05, 0) is 19.8 Å². The summed E-state index contributed by atoms with van der Waals surface area (Å²) in [4.78, 5) is 7.37. The first-order valence-corrected chi connectivity index (χ1v) is 7.05. The molecule has 9 heteroatoms. The highest BCUT2D eigenvalue weighted by atomic mass is 19.4. The molecule has 0 atom stereocenters. The van der Waals surface area contributed by atoms with Crippen LogP contribution in [0.3, 0.4) is 0 Å². The summed E-state index contributed by atoms with van der Waals surface area (Å²) in [6.45, 7) is 1.92. The number of fused-ring (bicyclic) bond motifs is 1. The quantitative estimate of drug-likeness (QED) is 0.908. The van der Waals surface area contributed by atoms with Crippen molar-refractivity contribution in [1.82, 2.24) is 19.6 Å². The van der Waals surface area contributed by atoms with Crippen LogP contribution in [0.5, 0.6) is 0 Å². The van der Waals surface area contributed by atoms with E-state index in [1.165, 1.54) is 0 Å². The molecule has 2 heterocycles. The summed E-state index contributed by atoms with van der Waals surface area (Å²) in [6.07, 6.45) is -1.37. The van der Waals surface area contributed by atoms with Gasteiger partial charge < -0.3 is 10.4 Å². The van der Waals surface area contributed by atoms with Crippen molar-refractivity contribution in [3.8, 4) is 0 Å². The molecule has 120 valence electrons. The Morgan fingerprint density at radius 1 is 1.32 bits per heavy atom. The lowest BCUT2D eigenvalue weighted by Gasteiger charge is -2.23. The number of aromatic nitrogens is 4. The van der Waals surface area contributed by atoms with Gasteiger partial charge in [0, 0.05) is 18.3 Å². The molecule has 2 aromatic heterocycles. The van der Waals surface area contributed by atoms with Gasteiger partial charge in [0.1, 0.15) is 5.82 Å². The number of aliphatic hydroxyl groups is 1. The predicted octanol–water partition coefficient (Wildman–Crippen LogP) is 2.17. The number of hydrogen-bond acceptors (Lipinski definition) is 5. The Morgan fingerprint density at radius 3 is 2.64 bits per heavy atom. The van der Waals surface area contributed by atoms with Crippen molar-refractivity contribution in [2.75, 3.05) is 11.9 Å². The second-order valence-electron chi connectivity index (χ2n) is 5.71. The summed E-state index contributed by atoms with van der Waals surface area (Å²) in [5.74, 6) is -1.01. The van der Waals surface area contributed by atoms with Gasteiger partial charge in [-0.3, -0.25) is 0 Å². The first-order chi connectivity index (χ1) is 10.3. The van der Waals surface area contributed by atoms with E-state index in [0.29, 0.717) is 24.4 Å². The normalized spacial score (nSPS) is 18.0. The van der Waals surface area contributed by atoms with Gasteiger partial charge in [0.25, 0.3) is 11.6 Å². The van der Waals surface area contributed by atoms with Crippen molar-refractivity contribution in [3.63, 3.8) is 0 Å². The zero-order chi connectivity index (χ0) is 16.0. The lowest BCUT2D eigenvalue weighted by atomic mass is 10.0. The summed E-state index contributed by atoms with van der Waals surface area (Å²) in [6, 6.07) is 1.58. The number of aryl methyl sites for hydroxylation is 1. The molecule has 0 spiro atoms. The maximum absolute atomic E-state index is 12.7. The maximum Gasteiger partial charge on any atom is 0.453 e. The molecule has 2 aromatic rings. The van der Waals surface area contributed by atoms with E-state index in [9.17, 15) is 18.3 Å². The second kappa shape index (κ2) is 5.08. The monoisotopic (exact) mass is 315 g/mol. The van der Waals surface area contributed by atoms with Crippen LogP contribution >= 0.6 is 0 Å². The van der Waals surface area contributed by atoms with Crippen LogP contribution in [0.2, 0.25) is 0 Å². The van der Waals surface area contributed by atoms with Crippen LogP contribution in [0.1, 0.15) is 37.2 Å². The number of nitrogens with zero attached hydrogens (tertiary/aromatic N) is 4.